The lowest BCUT2D eigenvalue weighted by Gasteiger charge is -2.41. The number of nitrogens with one attached hydrogen (secondary N) is 1. The molecule has 1 unspecified atom stereocenters. The molecule has 1 heterocycles. The van der Waals surface area contributed by atoms with E-state index in [4.69, 9.17) is 4.74 Å². The molecule has 0 aromatic rings. The topological polar surface area (TPSA) is 78.9 Å². The summed E-state index contributed by atoms with van der Waals surface area (Å²) in [6, 6.07) is -0.972. The largest absolute Gasteiger partial charge is 0.480 e. The SMILES string of the molecule is COC1(CNC(=O)N2CCCCCC2C(=O)O)CCC1. The third-order valence-electron chi connectivity index (χ3n) is 4.56. The van der Waals surface area contributed by atoms with Crippen molar-refractivity contribution in [2.45, 2.75) is 56.6 Å². The number of carboxylic acid groups (broad SMARTS) is 1. The molecule has 1 saturated carbocycles. The van der Waals surface area contributed by atoms with Gasteiger partial charge in [0.1, 0.15) is 6.04 Å². The van der Waals surface area contributed by atoms with Crippen LogP contribution in [0.5, 0.6) is 0 Å². The molecule has 0 aromatic heterocycles. The summed E-state index contributed by atoms with van der Waals surface area (Å²) in [5.74, 6) is -0.910. The molecule has 6 nitrogen and oxygen atoms in total. The average Bonchev–Trinajstić information content (AvgIpc) is 2.63. The van der Waals surface area contributed by atoms with E-state index in [2.05, 4.69) is 5.32 Å². The van der Waals surface area contributed by atoms with Crippen molar-refractivity contribution in [1.82, 2.24) is 10.2 Å². The van der Waals surface area contributed by atoms with Crippen molar-refractivity contribution in [1.29, 1.82) is 0 Å². The molecule has 0 spiro atoms. The molecule has 6 heteroatoms. The van der Waals surface area contributed by atoms with Crippen LogP contribution in [0.4, 0.5) is 4.79 Å². The molecule has 1 atom stereocenters. The highest BCUT2D eigenvalue weighted by atomic mass is 16.5. The highest BCUT2D eigenvalue weighted by molar-refractivity contribution is 5.82. The minimum Gasteiger partial charge on any atom is -0.480 e. The first-order valence-electron chi connectivity index (χ1n) is 7.40. The maximum Gasteiger partial charge on any atom is 0.326 e. The van der Waals surface area contributed by atoms with E-state index in [9.17, 15) is 14.7 Å². The highest BCUT2D eigenvalue weighted by Crippen LogP contribution is 2.34. The summed E-state index contributed by atoms with van der Waals surface area (Å²) in [6.45, 7) is 0.980. The second-order valence-electron chi connectivity index (χ2n) is 5.80. The minimum absolute atomic E-state index is 0.236. The van der Waals surface area contributed by atoms with Gasteiger partial charge in [-0.05, 0) is 32.1 Å². The molecule has 2 fully saturated rings. The maximum atomic E-state index is 12.3. The van der Waals surface area contributed by atoms with Crippen LogP contribution in [-0.4, -0.2) is 53.8 Å². The van der Waals surface area contributed by atoms with Gasteiger partial charge in [-0.2, -0.15) is 0 Å². The molecule has 2 rings (SSSR count). The number of ether oxygens (including phenoxy) is 1. The summed E-state index contributed by atoms with van der Waals surface area (Å²) in [6.07, 6.45) is 6.27. The van der Waals surface area contributed by atoms with Gasteiger partial charge >= 0.3 is 12.0 Å². The molecule has 2 N–H and O–H groups in total. The van der Waals surface area contributed by atoms with Crippen LogP contribution in [0.1, 0.15) is 44.9 Å². The maximum absolute atomic E-state index is 12.3. The van der Waals surface area contributed by atoms with E-state index in [0.717, 1.165) is 38.5 Å². The number of likely N-dealkylation sites (tertiary alicyclic amines) is 1. The van der Waals surface area contributed by atoms with Crippen molar-refractivity contribution in [2.75, 3.05) is 20.2 Å². The van der Waals surface area contributed by atoms with Crippen molar-refractivity contribution < 1.29 is 19.4 Å². The number of aliphatic carboxylic acids is 1. The minimum atomic E-state index is -0.910. The van der Waals surface area contributed by atoms with Crippen molar-refractivity contribution >= 4 is 12.0 Å². The van der Waals surface area contributed by atoms with E-state index in [1.165, 1.54) is 4.90 Å². The fourth-order valence-electron chi connectivity index (χ4n) is 2.97. The van der Waals surface area contributed by atoms with Crippen molar-refractivity contribution in [3.63, 3.8) is 0 Å². The van der Waals surface area contributed by atoms with E-state index in [1.807, 2.05) is 0 Å². The van der Waals surface area contributed by atoms with Gasteiger partial charge in [0.05, 0.1) is 5.60 Å². The number of hydrogen-bond donors (Lipinski definition) is 2. The van der Waals surface area contributed by atoms with Gasteiger partial charge in [0.25, 0.3) is 0 Å². The summed E-state index contributed by atoms with van der Waals surface area (Å²) in [5.41, 5.74) is -0.236. The number of nitrogens with zero attached hydrogens (tertiary/aromatic N) is 1. The highest BCUT2D eigenvalue weighted by Gasteiger charge is 2.38. The van der Waals surface area contributed by atoms with Gasteiger partial charge in [0, 0.05) is 20.2 Å². The fourth-order valence-corrected chi connectivity index (χ4v) is 2.97. The number of carbonyl (C=O) groups is 2. The Morgan fingerprint density at radius 2 is 2.05 bits per heavy atom. The Bertz CT molecular complexity index is 363. The summed E-state index contributed by atoms with van der Waals surface area (Å²) in [4.78, 5) is 25.0. The predicted octanol–water partition coefficient (Wildman–Crippen LogP) is 1.59. The van der Waals surface area contributed by atoms with E-state index in [-0.39, 0.29) is 11.6 Å². The molecule has 2 amide bonds. The van der Waals surface area contributed by atoms with Gasteiger partial charge in [-0.3, -0.25) is 0 Å². The van der Waals surface area contributed by atoms with Gasteiger partial charge in [-0.15, -0.1) is 0 Å². The lowest BCUT2D eigenvalue weighted by molar-refractivity contribution is -0.142. The first-order chi connectivity index (χ1) is 9.58. The molecule has 20 heavy (non-hydrogen) atoms. The van der Waals surface area contributed by atoms with Crippen LogP contribution in [0.2, 0.25) is 0 Å². The third-order valence-corrected chi connectivity index (χ3v) is 4.56. The van der Waals surface area contributed by atoms with Crippen LogP contribution >= 0.6 is 0 Å². The number of methoxy groups -OCH3 is 1. The van der Waals surface area contributed by atoms with Crippen LogP contribution in [0.25, 0.3) is 0 Å². The summed E-state index contributed by atoms with van der Waals surface area (Å²) < 4.78 is 5.46. The molecule has 1 aliphatic carbocycles. The second kappa shape index (κ2) is 6.43. The second-order valence-corrected chi connectivity index (χ2v) is 5.80. The zero-order chi connectivity index (χ0) is 14.6. The Kier molecular flexibility index (Phi) is 4.86. The Labute approximate surface area is 119 Å². The quantitative estimate of drug-likeness (QED) is 0.821. The Morgan fingerprint density at radius 1 is 1.30 bits per heavy atom. The van der Waals surface area contributed by atoms with Crippen molar-refractivity contribution in [3.05, 3.63) is 0 Å². The van der Waals surface area contributed by atoms with E-state index < -0.39 is 12.0 Å². The van der Waals surface area contributed by atoms with E-state index in [1.54, 1.807) is 7.11 Å². The number of hydrogen-bond acceptors (Lipinski definition) is 3. The van der Waals surface area contributed by atoms with Crippen LogP contribution in [0, 0.1) is 0 Å². The molecular weight excluding hydrogens is 260 g/mol. The summed E-state index contributed by atoms with van der Waals surface area (Å²) in [7, 11) is 1.66. The first-order valence-corrected chi connectivity index (χ1v) is 7.40. The van der Waals surface area contributed by atoms with Gasteiger partial charge in [-0.25, -0.2) is 9.59 Å². The van der Waals surface area contributed by atoms with E-state index >= 15 is 0 Å². The molecule has 0 bridgehead atoms. The monoisotopic (exact) mass is 284 g/mol. The van der Waals surface area contributed by atoms with E-state index in [0.29, 0.717) is 19.5 Å². The lowest BCUT2D eigenvalue weighted by Crippen LogP contribution is -2.55. The number of rotatable bonds is 4. The zero-order valence-corrected chi connectivity index (χ0v) is 12.1. The molecule has 1 aliphatic heterocycles. The Hall–Kier alpha value is -1.30. The average molecular weight is 284 g/mol. The van der Waals surface area contributed by atoms with Gasteiger partial charge in [0.15, 0.2) is 0 Å². The Balaban J connectivity index is 1.93. The van der Waals surface area contributed by atoms with Crippen LogP contribution in [0.15, 0.2) is 0 Å². The van der Waals surface area contributed by atoms with Gasteiger partial charge < -0.3 is 20.1 Å². The number of amides is 2. The summed E-state index contributed by atoms with van der Waals surface area (Å²) >= 11 is 0. The number of carboxylic acids is 1. The zero-order valence-electron chi connectivity index (χ0n) is 12.1. The molecule has 114 valence electrons. The normalized spacial score (nSPS) is 25.4. The third kappa shape index (κ3) is 3.23. The summed E-state index contributed by atoms with van der Waals surface area (Å²) in [5, 5.41) is 12.1. The van der Waals surface area contributed by atoms with Crippen molar-refractivity contribution in [2.24, 2.45) is 0 Å². The van der Waals surface area contributed by atoms with Crippen LogP contribution < -0.4 is 5.32 Å². The molecular formula is C14H24N2O4. The van der Waals surface area contributed by atoms with Gasteiger partial charge in [0.2, 0.25) is 0 Å². The molecule has 0 radical (unpaired) electrons. The van der Waals surface area contributed by atoms with Crippen LogP contribution in [0.3, 0.4) is 0 Å². The molecule has 2 aliphatic rings. The lowest BCUT2D eigenvalue weighted by atomic mass is 9.80. The predicted molar refractivity (Wildman–Crippen MR) is 73.6 cm³/mol. The van der Waals surface area contributed by atoms with Crippen molar-refractivity contribution in [3.8, 4) is 0 Å². The first kappa shape index (κ1) is 15.1. The van der Waals surface area contributed by atoms with Gasteiger partial charge in [-0.1, -0.05) is 12.8 Å². The molecule has 1 saturated heterocycles. The van der Waals surface area contributed by atoms with Crippen LogP contribution in [-0.2, 0) is 9.53 Å². The molecule has 0 aromatic carbocycles. The number of urea groups is 1. The Morgan fingerprint density at radius 3 is 2.60 bits per heavy atom. The standard InChI is InChI=1S/C14H24N2O4/c1-20-14(7-5-8-14)10-15-13(19)16-9-4-2-3-6-11(16)12(17)18/h11H,2-10H2,1H3,(H,15,19)(H,17,18). The smallest absolute Gasteiger partial charge is 0.326 e. The fraction of sp³-hybridized carbons (Fsp3) is 0.857. The number of carbonyl (C=O) groups excluding carboxylic acids is 1.